The first-order valence-corrected chi connectivity index (χ1v) is 7.00. The number of nitrogens with one attached hydrogen (secondary N) is 1. The third kappa shape index (κ3) is 3.38. The second-order valence-corrected chi connectivity index (χ2v) is 4.88. The normalized spacial score (nSPS) is 12.2. The fraction of sp³-hybridized carbons (Fsp3) is 0.294. The van der Waals surface area contributed by atoms with Crippen molar-refractivity contribution in [3.8, 4) is 5.75 Å². The molecule has 2 aromatic rings. The number of ether oxygens (including phenoxy) is 1. The van der Waals surface area contributed by atoms with Crippen molar-refractivity contribution in [2.45, 2.75) is 26.3 Å². The average Bonchev–Trinajstić information content (AvgIpc) is 2.48. The van der Waals surface area contributed by atoms with E-state index in [-0.39, 0.29) is 6.04 Å². The highest BCUT2D eigenvalue weighted by atomic mass is 16.5. The van der Waals surface area contributed by atoms with Gasteiger partial charge >= 0.3 is 0 Å². The van der Waals surface area contributed by atoms with Crippen LogP contribution in [0.15, 0.2) is 48.5 Å². The van der Waals surface area contributed by atoms with Gasteiger partial charge in [0.1, 0.15) is 5.75 Å². The lowest BCUT2D eigenvalue weighted by molar-refractivity contribution is 0.317. The van der Waals surface area contributed by atoms with Crippen LogP contribution >= 0.6 is 0 Å². The number of hydrogen-bond donors (Lipinski definition) is 2. The molecule has 0 fully saturated rings. The molecule has 3 nitrogen and oxygen atoms in total. The van der Waals surface area contributed by atoms with E-state index in [9.17, 15) is 0 Å². The monoisotopic (exact) mass is 270 g/mol. The van der Waals surface area contributed by atoms with E-state index in [0.717, 1.165) is 24.3 Å². The molecule has 0 radical (unpaired) electrons. The standard InChI is InChI=1S/C17H22N2O/c1-3-11-20-15-9-6-8-14(12-15)17(19-18)16-10-5-4-7-13(16)2/h4-10,12,17,19H,3,11,18H2,1-2H3. The van der Waals surface area contributed by atoms with Crippen molar-refractivity contribution in [1.29, 1.82) is 0 Å². The minimum absolute atomic E-state index is 0.0265. The molecule has 0 aliphatic heterocycles. The fourth-order valence-corrected chi connectivity index (χ4v) is 2.28. The van der Waals surface area contributed by atoms with Gasteiger partial charge in [0.05, 0.1) is 12.6 Å². The van der Waals surface area contributed by atoms with Crippen LogP contribution in [0, 0.1) is 6.92 Å². The molecule has 3 N–H and O–H groups in total. The molecule has 1 unspecified atom stereocenters. The summed E-state index contributed by atoms with van der Waals surface area (Å²) >= 11 is 0. The second-order valence-electron chi connectivity index (χ2n) is 4.88. The predicted molar refractivity (Wildman–Crippen MR) is 82.6 cm³/mol. The van der Waals surface area contributed by atoms with Gasteiger partial charge in [0.25, 0.3) is 0 Å². The van der Waals surface area contributed by atoms with Gasteiger partial charge in [-0.3, -0.25) is 5.84 Å². The molecule has 0 spiro atoms. The lowest BCUT2D eigenvalue weighted by Gasteiger charge is -2.19. The molecule has 0 aromatic heterocycles. The van der Waals surface area contributed by atoms with Gasteiger partial charge in [0.2, 0.25) is 0 Å². The molecule has 0 bridgehead atoms. The number of aryl methyl sites for hydroxylation is 1. The van der Waals surface area contributed by atoms with Crippen LogP contribution in [-0.2, 0) is 0 Å². The van der Waals surface area contributed by atoms with Crippen LogP contribution < -0.4 is 16.0 Å². The summed E-state index contributed by atoms with van der Waals surface area (Å²) in [6, 6.07) is 16.3. The van der Waals surface area contributed by atoms with Gasteiger partial charge in [-0.05, 0) is 42.2 Å². The minimum Gasteiger partial charge on any atom is -0.494 e. The first-order valence-electron chi connectivity index (χ1n) is 7.00. The van der Waals surface area contributed by atoms with Crippen molar-refractivity contribution >= 4 is 0 Å². The first-order chi connectivity index (χ1) is 9.76. The largest absolute Gasteiger partial charge is 0.494 e. The molecule has 2 aromatic carbocycles. The summed E-state index contributed by atoms with van der Waals surface area (Å²) in [5.41, 5.74) is 6.41. The van der Waals surface area contributed by atoms with Crippen molar-refractivity contribution in [3.63, 3.8) is 0 Å². The molecule has 0 aliphatic carbocycles. The zero-order valence-electron chi connectivity index (χ0n) is 12.1. The molecule has 0 saturated carbocycles. The van der Waals surface area contributed by atoms with Crippen LogP contribution in [0.25, 0.3) is 0 Å². The highest BCUT2D eigenvalue weighted by Gasteiger charge is 2.14. The third-order valence-corrected chi connectivity index (χ3v) is 3.33. The maximum atomic E-state index is 5.77. The summed E-state index contributed by atoms with van der Waals surface area (Å²) in [4.78, 5) is 0. The molecule has 2 rings (SSSR count). The maximum Gasteiger partial charge on any atom is 0.119 e. The van der Waals surface area contributed by atoms with Crippen LogP contribution in [-0.4, -0.2) is 6.61 Å². The second kappa shape index (κ2) is 7.08. The van der Waals surface area contributed by atoms with Gasteiger partial charge in [-0.1, -0.05) is 43.3 Å². The molecule has 0 amide bonds. The smallest absolute Gasteiger partial charge is 0.119 e. The van der Waals surface area contributed by atoms with E-state index in [1.165, 1.54) is 11.1 Å². The number of rotatable bonds is 6. The van der Waals surface area contributed by atoms with Crippen molar-refractivity contribution in [2.24, 2.45) is 5.84 Å². The molecule has 0 aliphatic rings. The molecule has 20 heavy (non-hydrogen) atoms. The summed E-state index contributed by atoms with van der Waals surface area (Å²) in [5, 5.41) is 0. The summed E-state index contributed by atoms with van der Waals surface area (Å²) in [7, 11) is 0. The first kappa shape index (κ1) is 14.6. The van der Waals surface area contributed by atoms with E-state index in [4.69, 9.17) is 10.6 Å². The van der Waals surface area contributed by atoms with Crippen LogP contribution in [0.3, 0.4) is 0 Å². The Balaban J connectivity index is 2.30. The van der Waals surface area contributed by atoms with Crippen molar-refractivity contribution in [1.82, 2.24) is 5.43 Å². The molecule has 3 heteroatoms. The van der Waals surface area contributed by atoms with Crippen LogP contribution in [0.1, 0.15) is 36.1 Å². The zero-order chi connectivity index (χ0) is 14.4. The lowest BCUT2D eigenvalue weighted by Crippen LogP contribution is -2.29. The molecule has 0 heterocycles. The van der Waals surface area contributed by atoms with E-state index in [1.807, 2.05) is 30.3 Å². The van der Waals surface area contributed by atoms with E-state index >= 15 is 0 Å². The predicted octanol–water partition coefficient (Wildman–Crippen LogP) is 3.34. The summed E-state index contributed by atoms with van der Waals surface area (Å²) in [6.07, 6.45) is 1.00. The number of nitrogens with two attached hydrogens (primary N) is 1. The molecular weight excluding hydrogens is 248 g/mol. The Morgan fingerprint density at radius 1 is 1.15 bits per heavy atom. The Kier molecular flexibility index (Phi) is 5.16. The van der Waals surface area contributed by atoms with Crippen LogP contribution in [0.5, 0.6) is 5.75 Å². The lowest BCUT2D eigenvalue weighted by atomic mass is 9.95. The Morgan fingerprint density at radius 3 is 2.65 bits per heavy atom. The average molecular weight is 270 g/mol. The Labute approximate surface area is 120 Å². The van der Waals surface area contributed by atoms with Crippen molar-refractivity contribution in [3.05, 3.63) is 65.2 Å². The Hall–Kier alpha value is -1.84. The van der Waals surface area contributed by atoms with Gasteiger partial charge in [-0.15, -0.1) is 0 Å². The van der Waals surface area contributed by atoms with Gasteiger partial charge in [-0.25, -0.2) is 5.43 Å². The van der Waals surface area contributed by atoms with Gasteiger partial charge in [0, 0.05) is 0 Å². The van der Waals surface area contributed by atoms with E-state index in [1.54, 1.807) is 0 Å². The topological polar surface area (TPSA) is 47.3 Å². The fourth-order valence-electron chi connectivity index (χ4n) is 2.28. The van der Waals surface area contributed by atoms with Crippen LogP contribution in [0.4, 0.5) is 0 Å². The third-order valence-electron chi connectivity index (χ3n) is 3.33. The number of benzene rings is 2. The minimum atomic E-state index is -0.0265. The number of hydrazine groups is 1. The molecule has 0 saturated heterocycles. The summed E-state index contributed by atoms with van der Waals surface area (Å²) < 4.78 is 5.69. The zero-order valence-corrected chi connectivity index (χ0v) is 12.1. The van der Waals surface area contributed by atoms with E-state index in [2.05, 4.69) is 37.5 Å². The molecular formula is C17H22N2O. The van der Waals surface area contributed by atoms with Crippen LogP contribution in [0.2, 0.25) is 0 Å². The maximum absolute atomic E-state index is 5.77. The molecule has 1 atom stereocenters. The Bertz CT molecular complexity index is 554. The van der Waals surface area contributed by atoms with Gasteiger partial charge < -0.3 is 4.74 Å². The van der Waals surface area contributed by atoms with Gasteiger partial charge in [-0.2, -0.15) is 0 Å². The molecule has 106 valence electrons. The van der Waals surface area contributed by atoms with Crippen molar-refractivity contribution < 1.29 is 4.74 Å². The highest BCUT2D eigenvalue weighted by Crippen LogP contribution is 2.26. The summed E-state index contributed by atoms with van der Waals surface area (Å²) in [5.74, 6) is 6.65. The van der Waals surface area contributed by atoms with Gasteiger partial charge in [0.15, 0.2) is 0 Å². The van der Waals surface area contributed by atoms with E-state index < -0.39 is 0 Å². The Morgan fingerprint density at radius 2 is 1.95 bits per heavy atom. The van der Waals surface area contributed by atoms with Crippen molar-refractivity contribution in [2.75, 3.05) is 6.61 Å². The quantitative estimate of drug-likeness (QED) is 0.625. The van der Waals surface area contributed by atoms with E-state index in [0.29, 0.717) is 0 Å². The SMILES string of the molecule is CCCOc1cccc(C(NN)c2ccccc2C)c1. The summed E-state index contributed by atoms with van der Waals surface area (Å²) in [6.45, 7) is 4.92. The number of hydrogen-bond acceptors (Lipinski definition) is 3. The highest BCUT2D eigenvalue weighted by molar-refractivity contribution is 5.39.